The molecule has 1 amide bonds. The Morgan fingerprint density at radius 2 is 2.00 bits per heavy atom. The quantitative estimate of drug-likeness (QED) is 0.599. The number of phenols is 2. The molecule has 0 fully saturated rings. The highest BCUT2D eigenvalue weighted by molar-refractivity contribution is 5.89. The molecule has 0 bridgehead atoms. The summed E-state index contributed by atoms with van der Waals surface area (Å²) in [6.45, 7) is 1.89. The van der Waals surface area contributed by atoms with Crippen molar-refractivity contribution in [2.24, 2.45) is 0 Å². The molecular formula is C20H18FNO5. The van der Waals surface area contributed by atoms with E-state index < -0.39 is 5.63 Å². The molecule has 7 heteroatoms. The second kappa shape index (κ2) is 7.49. The molecule has 1 aromatic heterocycles. The summed E-state index contributed by atoms with van der Waals surface area (Å²) in [6, 6.07) is 8.46. The van der Waals surface area contributed by atoms with Crippen molar-refractivity contribution < 1.29 is 23.8 Å². The molecular weight excluding hydrogens is 353 g/mol. The highest BCUT2D eigenvalue weighted by Crippen LogP contribution is 2.32. The molecule has 0 spiro atoms. The number of hydrogen-bond acceptors (Lipinski definition) is 5. The molecule has 0 aliphatic rings. The lowest BCUT2D eigenvalue weighted by atomic mass is 10.0. The largest absolute Gasteiger partial charge is 0.508 e. The second-order valence-electron chi connectivity index (χ2n) is 6.24. The molecule has 0 saturated carbocycles. The first-order valence-electron chi connectivity index (χ1n) is 8.34. The van der Waals surface area contributed by atoms with Crippen LogP contribution in [0.15, 0.2) is 45.6 Å². The molecule has 0 saturated heterocycles. The van der Waals surface area contributed by atoms with Gasteiger partial charge in [0.2, 0.25) is 5.91 Å². The minimum absolute atomic E-state index is 0.0465. The monoisotopic (exact) mass is 371 g/mol. The van der Waals surface area contributed by atoms with Crippen LogP contribution in [0.5, 0.6) is 11.5 Å². The molecule has 6 nitrogen and oxygen atoms in total. The van der Waals surface area contributed by atoms with E-state index >= 15 is 0 Å². The van der Waals surface area contributed by atoms with Crippen LogP contribution in [0, 0.1) is 12.7 Å². The molecule has 0 atom stereocenters. The average molecular weight is 371 g/mol. The summed E-state index contributed by atoms with van der Waals surface area (Å²) in [7, 11) is 0. The van der Waals surface area contributed by atoms with Crippen molar-refractivity contribution in [3.05, 3.63) is 69.3 Å². The normalized spacial score (nSPS) is 10.9. The van der Waals surface area contributed by atoms with Crippen LogP contribution in [0.3, 0.4) is 0 Å². The summed E-state index contributed by atoms with van der Waals surface area (Å²) in [5.41, 5.74) is 0.641. The highest BCUT2D eigenvalue weighted by atomic mass is 19.1. The van der Waals surface area contributed by atoms with Crippen LogP contribution >= 0.6 is 0 Å². The van der Waals surface area contributed by atoms with E-state index in [1.807, 2.05) is 0 Å². The Morgan fingerprint density at radius 1 is 1.22 bits per heavy atom. The molecule has 3 rings (SSSR count). The Labute approximate surface area is 153 Å². The van der Waals surface area contributed by atoms with Crippen molar-refractivity contribution in [3.8, 4) is 11.5 Å². The van der Waals surface area contributed by atoms with Gasteiger partial charge in [-0.3, -0.25) is 4.79 Å². The maximum atomic E-state index is 13.1. The first-order chi connectivity index (χ1) is 12.8. The molecule has 0 unspecified atom stereocenters. The standard InChI is InChI=1S/C20H18FNO5/c1-11-15(20(26)27-17-9-14(23)8-16(24)19(11)17)10-18(25)22-6-5-12-3-2-4-13(21)7-12/h2-4,7-9,23-24H,5-6,10H2,1H3,(H,22,25). The van der Waals surface area contributed by atoms with Crippen molar-refractivity contribution in [3.63, 3.8) is 0 Å². The molecule has 0 radical (unpaired) electrons. The van der Waals surface area contributed by atoms with Crippen LogP contribution in [0.4, 0.5) is 4.39 Å². The van der Waals surface area contributed by atoms with Gasteiger partial charge in [-0.2, -0.15) is 0 Å². The fourth-order valence-electron chi connectivity index (χ4n) is 2.98. The number of amides is 1. The average Bonchev–Trinajstić information content (AvgIpc) is 2.58. The van der Waals surface area contributed by atoms with Gasteiger partial charge in [0, 0.05) is 18.7 Å². The van der Waals surface area contributed by atoms with Gasteiger partial charge in [0.25, 0.3) is 0 Å². The number of carbonyl (C=O) groups is 1. The predicted molar refractivity (Wildman–Crippen MR) is 97.4 cm³/mol. The van der Waals surface area contributed by atoms with Gasteiger partial charge in [0.1, 0.15) is 22.9 Å². The van der Waals surface area contributed by atoms with Crippen LogP contribution in [-0.2, 0) is 17.6 Å². The summed E-state index contributed by atoms with van der Waals surface area (Å²) < 4.78 is 18.3. The number of aryl methyl sites for hydroxylation is 1. The summed E-state index contributed by atoms with van der Waals surface area (Å²) in [5.74, 6) is -1.20. The van der Waals surface area contributed by atoms with E-state index in [0.29, 0.717) is 18.5 Å². The van der Waals surface area contributed by atoms with Gasteiger partial charge in [0.15, 0.2) is 0 Å². The fourth-order valence-corrected chi connectivity index (χ4v) is 2.98. The molecule has 140 valence electrons. The summed E-state index contributed by atoms with van der Waals surface area (Å²) in [6.07, 6.45) is 0.239. The van der Waals surface area contributed by atoms with Crippen molar-refractivity contribution in [2.75, 3.05) is 6.54 Å². The fraction of sp³-hybridized carbons (Fsp3) is 0.200. The van der Waals surface area contributed by atoms with Gasteiger partial charge in [-0.05, 0) is 36.6 Å². The van der Waals surface area contributed by atoms with E-state index in [-0.39, 0.29) is 46.2 Å². The van der Waals surface area contributed by atoms with E-state index in [2.05, 4.69) is 5.32 Å². The van der Waals surface area contributed by atoms with Crippen LogP contribution < -0.4 is 10.9 Å². The summed E-state index contributed by atoms with van der Waals surface area (Å²) in [4.78, 5) is 24.4. The van der Waals surface area contributed by atoms with Gasteiger partial charge >= 0.3 is 5.63 Å². The van der Waals surface area contributed by atoms with Crippen molar-refractivity contribution in [1.29, 1.82) is 0 Å². The Hall–Kier alpha value is -3.35. The Balaban J connectivity index is 1.74. The van der Waals surface area contributed by atoms with Gasteiger partial charge < -0.3 is 19.9 Å². The van der Waals surface area contributed by atoms with Crippen molar-refractivity contribution >= 4 is 16.9 Å². The SMILES string of the molecule is Cc1c(CC(=O)NCCc2cccc(F)c2)c(=O)oc2cc(O)cc(O)c12. The third-order valence-electron chi connectivity index (χ3n) is 4.31. The number of aromatic hydroxyl groups is 2. The molecule has 3 aromatic rings. The van der Waals surface area contributed by atoms with E-state index in [1.54, 1.807) is 19.1 Å². The van der Waals surface area contributed by atoms with Crippen LogP contribution in [0.1, 0.15) is 16.7 Å². The number of benzene rings is 2. The first kappa shape index (κ1) is 18.4. The molecule has 2 aromatic carbocycles. The minimum atomic E-state index is -0.703. The zero-order valence-corrected chi connectivity index (χ0v) is 14.6. The summed E-state index contributed by atoms with van der Waals surface area (Å²) >= 11 is 0. The molecule has 0 aliphatic carbocycles. The first-order valence-corrected chi connectivity index (χ1v) is 8.34. The molecule has 27 heavy (non-hydrogen) atoms. The van der Waals surface area contributed by atoms with E-state index in [0.717, 1.165) is 11.6 Å². The maximum absolute atomic E-state index is 13.1. The second-order valence-corrected chi connectivity index (χ2v) is 6.24. The van der Waals surface area contributed by atoms with Crippen LogP contribution in [-0.4, -0.2) is 22.7 Å². The van der Waals surface area contributed by atoms with E-state index in [4.69, 9.17) is 4.42 Å². The lowest BCUT2D eigenvalue weighted by molar-refractivity contribution is -0.120. The van der Waals surface area contributed by atoms with Crippen LogP contribution in [0.2, 0.25) is 0 Å². The number of phenolic OH excluding ortho intramolecular Hbond substituents is 2. The van der Waals surface area contributed by atoms with E-state index in [1.165, 1.54) is 18.2 Å². The number of fused-ring (bicyclic) bond motifs is 1. The Kier molecular flexibility index (Phi) is 5.12. The highest BCUT2D eigenvalue weighted by Gasteiger charge is 2.17. The third-order valence-corrected chi connectivity index (χ3v) is 4.31. The van der Waals surface area contributed by atoms with Gasteiger partial charge in [-0.15, -0.1) is 0 Å². The van der Waals surface area contributed by atoms with Gasteiger partial charge in [-0.25, -0.2) is 9.18 Å². The lowest BCUT2D eigenvalue weighted by Crippen LogP contribution is -2.29. The Bertz CT molecular complexity index is 1070. The predicted octanol–water partition coefficient (Wildman–Crippen LogP) is 2.55. The smallest absolute Gasteiger partial charge is 0.340 e. The number of nitrogens with one attached hydrogen (secondary N) is 1. The molecule has 0 aliphatic heterocycles. The third kappa shape index (κ3) is 4.08. The van der Waals surface area contributed by atoms with Crippen molar-refractivity contribution in [1.82, 2.24) is 5.32 Å². The maximum Gasteiger partial charge on any atom is 0.340 e. The summed E-state index contributed by atoms with van der Waals surface area (Å²) in [5, 5.41) is 22.5. The van der Waals surface area contributed by atoms with Gasteiger partial charge in [-0.1, -0.05) is 12.1 Å². The molecule has 3 N–H and O–H groups in total. The van der Waals surface area contributed by atoms with Crippen LogP contribution in [0.25, 0.3) is 11.0 Å². The Morgan fingerprint density at radius 3 is 2.74 bits per heavy atom. The minimum Gasteiger partial charge on any atom is -0.508 e. The van der Waals surface area contributed by atoms with Gasteiger partial charge in [0.05, 0.1) is 17.4 Å². The van der Waals surface area contributed by atoms with E-state index in [9.17, 15) is 24.2 Å². The zero-order chi connectivity index (χ0) is 19.6. The molecule has 1 heterocycles. The van der Waals surface area contributed by atoms with Crippen molar-refractivity contribution in [2.45, 2.75) is 19.8 Å². The lowest BCUT2D eigenvalue weighted by Gasteiger charge is -2.10. The number of carbonyl (C=O) groups excluding carboxylic acids is 1. The number of halogens is 1. The number of hydrogen-bond donors (Lipinski definition) is 3. The number of rotatable bonds is 5. The zero-order valence-electron chi connectivity index (χ0n) is 14.6. The topological polar surface area (TPSA) is 99.8 Å².